The molecule has 0 aliphatic rings. The summed E-state index contributed by atoms with van der Waals surface area (Å²) in [6.07, 6.45) is 2.57. The quantitative estimate of drug-likeness (QED) is 0.491. The second-order valence-corrected chi connectivity index (χ2v) is 7.40. The van der Waals surface area contributed by atoms with Crippen LogP contribution < -0.4 is 5.32 Å². The van der Waals surface area contributed by atoms with E-state index >= 15 is 0 Å². The van der Waals surface area contributed by atoms with Gasteiger partial charge in [0.15, 0.2) is 0 Å². The highest BCUT2D eigenvalue weighted by Gasteiger charge is 2.15. The Labute approximate surface area is 179 Å². The number of amides is 1. The Bertz CT molecular complexity index is 1170. The van der Waals surface area contributed by atoms with Gasteiger partial charge in [-0.3, -0.25) is 4.79 Å². The molecule has 1 N–H and O–H groups in total. The van der Waals surface area contributed by atoms with E-state index in [2.05, 4.69) is 50.1 Å². The minimum atomic E-state index is -0.232. The first-order valence-corrected chi connectivity index (χ1v) is 10.1. The number of benzene rings is 2. The highest BCUT2D eigenvalue weighted by atomic mass is 16.2. The number of rotatable bonds is 7. The zero-order chi connectivity index (χ0) is 21.8. The van der Waals surface area contributed by atoms with Crippen molar-refractivity contribution >= 4 is 11.6 Å². The van der Waals surface area contributed by atoms with Crippen LogP contribution in [-0.4, -0.2) is 46.3 Å². The molecule has 0 aliphatic heterocycles. The normalized spacial score (nSPS) is 12.0. The van der Waals surface area contributed by atoms with Gasteiger partial charge in [0, 0.05) is 11.3 Å². The maximum atomic E-state index is 12.4. The Morgan fingerprint density at radius 1 is 1.13 bits per heavy atom. The Morgan fingerprint density at radius 2 is 1.94 bits per heavy atom. The SMILES string of the molecule is CC[C@@H](C)c1ccc(NC(=O)Cn2nnc(-c3ccc(C)cc3-n3cnnn3)n2)cc1. The van der Waals surface area contributed by atoms with Gasteiger partial charge in [-0.15, -0.1) is 15.3 Å². The van der Waals surface area contributed by atoms with Crippen molar-refractivity contribution < 1.29 is 4.79 Å². The predicted octanol–water partition coefficient (Wildman–Crippen LogP) is 2.78. The van der Waals surface area contributed by atoms with Crippen LogP contribution in [0.3, 0.4) is 0 Å². The van der Waals surface area contributed by atoms with Crippen molar-refractivity contribution in [1.29, 1.82) is 0 Å². The zero-order valence-corrected chi connectivity index (χ0v) is 17.6. The van der Waals surface area contributed by atoms with E-state index in [1.54, 1.807) is 4.68 Å². The van der Waals surface area contributed by atoms with Gasteiger partial charge >= 0.3 is 0 Å². The molecule has 2 aromatic carbocycles. The number of nitrogens with zero attached hydrogens (tertiary/aromatic N) is 8. The summed E-state index contributed by atoms with van der Waals surface area (Å²) < 4.78 is 1.54. The molecular weight excluding hydrogens is 394 g/mol. The lowest BCUT2D eigenvalue weighted by atomic mass is 9.99. The molecule has 0 bridgehead atoms. The van der Waals surface area contributed by atoms with Crippen LogP contribution in [0, 0.1) is 6.92 Å². The third-order valence-electron chi connectivity index (χ3n) is 5.10. The van der Waals surface area contributed by atoms with Gasteiger partial charge in [-0.25, -0.2) is 0 Å². The second kappa shape index (κ2) is 8.82. The van der Waals surface area contributed by atoms with E-state index in [0.29, 0.717) is 17.3 Å². The molecule has 4 aromatic rings. The summed E-state index contributed by atoms with van der Waals surface area (Å²) in [7, 11) is 0. The van der Waals surface area contributed by atoms with Crippen LogP contribution in [0.5, 0.6) is 0 Å². The highest BCUT2D eigenvalue weighted by Crippen LogP contribution is 2.24. The van der Waals surface area contributed by atoms with Crippen molar-refractivity contribution in [3.63, 3.8) is 0 Å². The van der Waals surface area contributed by atoms with Gasteiger partial charge < -0.3 is 5.32 Å². The fourth-order valence-electron chi connectivity index (χ4n) is 3.17. The van der Waals surface area contributed by atoms with E-state index in [4.69, 9.17) is 0 Å². The molecule has 0 fully saturated rings. The van der Waals surface area contributed by atoms with Crippen LogP contribution in [0.15, 0.2) is 48.8 Å². The summed E-state index contributed by atoms with van der Waals surface area (Å²) >= 11 is 0. The first kappa shape index (κ1) is 20.3. The number of anilines is 1. The maximum Gasteiger partial charge on any atom is 0.248 e. The molecule has 1 amide bonds. The summed E-state index contributed by atoms with van der Waals surface area (Å²) in [5.74, 6) is 0.642. The molecule has 158 valence electrons. The minimum Gasteiger partial charge on any atom is -0.324 e. The Morgan fingerprint density at radius 3 is 2.65 bits per heavy atom. The molecule has 0 radical (unpaired) electrons. The Hall–Kier alpha value is -3.95. The van der Waals surface area contributed by atoms with Gasteiger partial charge in [-0.1, -0.05) is 32.0 Å². The van der Waals surface area contributed by atoms with Gasteiger partial charge in [0.2, 0.25) is 11.7 Å². The summed E-state index contributed by atoms with van der Waals surface area (Å²) in [4.78, 5) is 13.7. The van der Waals surface area contributed by atoms with E-state index in [9.17, 15) is 4.79 Å². The van der Waals surface area contributed by atoms with Crippen molar-refractivity contribution in [1.82, 2.24) is 40.4 Å². The van der Waals surface area contributed by atoms with E-state index in [-0.39, 0.29) is 12.5 Å². The molecule has 0 unspecified atom stereocenters. The van der Waals surface area contributed by atoms with Crippen LogP contribution in [-0.2, 0) is 11.3 Å². The molecular formula is C21H23N9O. The van der Waals surface area contributed by atoms with Crippen molar-refractivity contribution in [3.05, 3.63) is 59.9 Å². The summed E-state index contributed by atoms with van der Waals surface area (Å²) in [5, 5.41) is 26.7. The number of hydrogen-bond donors (Lipinski definition) is 1. The predicted molar refractivity (Wildman–Crippen MR) is 114 cm³/mol. The van der Waals surface area contributed by atoms with E-state index in [1.165, 1.54) is 16.7 Å². The van der Waals surface area contributed by atoms with Gasteiger partial charge in [-0.05, 0) is 70.3 Å². The third-order valence-corrected chi connectivity index (χ3v) is 5.10. The van der Waals surface area contributed by atoms with E-state index in [1.807, 2.05) is 49.4 Å². The molecule has 0 saturated carbocycles. The van der Waals surface area contributed by atoms with Gasteiger partial charge in [0.1, 0.15) is 12.9 Å². The van der Waals surface area contributed by atoms with Gasteiger partial charge in [0.25, 0.3) is 0 Å². The topological polar surface area (TPSA) is 116 Å². The molecule has 2 aromatic heterocycles. The average Bonchev–Trinajstić information content (AvgIpc) is 3.46. The number of carbonyl (C=O) groups excluding carboxylic acids is 1. The summed E-state index contributed by atoms with van der Waals surface area (Å²) in [6.45, 7) is 6.26. The van der Waals surface area contributed by atoms with Gasteiger partial charge in [-0.2, -0.15) is 9.48 Å². The standard InChI is InChI=1S/C21H23N9O/c1-4-15(3)16-6-8-17(9-7-16)23-20(31)12-30-25-21(24-27-30)18-10-5-14(2)11-19(18)29-13-22-26-28-29/h5-11,13,15H,4,12H2,1-3H3,(H,23,31)/t15-/m1/s1. The minimum absolute atomic E-state index is 0.0494. The summed E-state index contributed by atoms with van der Waals surface area (Å²) in [5.41, 5.74) is 4.47. The van der Waals surface area contributed by atoms with Gasteiger partial charge in [0.05, 0.1) is 5.69 Å². The summed E-state index contributed by atoms with van der Waals surface area (Å²) in [6, 6.07) is 13.6. The fourth-order valence-corrected chi connectivity index (χ4v) is 3.17. The number of nitrogens with one attached hydrogen (secondary N) is 1. The van der Waals surface area contributed by atoms with Crippen LogP contribution in [0.2, 0.25) is 0 Å². The number of aromatic nitrogens is 8. The van der Waals surface area contributed by atoms with Crippen LogP contribution in [0.4, 0.5) is 5.69 Å². The van der Waals surface area contributed by atoms with Crippen molar-refractivity contribution in [2.75, 3.05) is 5.32 Å². The lowest BCUT2D eigenvalue weighted by molar-refractivity contribution is -0.117. The molecule has 0 saturated heterocycles. The number of carbonyl (C=O) groups is 1. The molecule has 31 heavy (non-hydrogen) atoms. The lowest BCUT2D eigenvalue weighted by Gasteiger charge is -2.10. The molecule has 10 heteroatoms. The smallest absolute Gasteiger partial charge is 0.248 e. The number of hydrogen-bond acceptors (Lipinski definition) is 7. The molecule has 4 rings (SSSR count). The molecule has 10 nitrogen and oxygen atoms in total. The lowest BCUT2D eigenvalue weighted by Crippen LogP contribution is -2.20. The van der Waals surface area contributed by atoms with Crippen molar-refractivity contribution in [2.45, 2.75) is 39.7 Å². The molecule has 2 heterocycles. The van der Waals surface area contributed by atoms with E-state index < -0.39 is 0 Å². The number of tetrazole rings is 2. The van der Waals surface area contributed by atoms with Crippen LogP contribution in [0.1, 0.15) is 37.3 Å². The third kappa shape index (κ3) is 4.63. The highest BCUT2D eigenvalue weighted by molar-refractivity contribution is 5.90. The van der Waals surface area contributed by atoms with Crippen LogP contribution >= 0.6 is 0 Å². The monoisotopic (exact) mass is 417 g/mol. The largest absolute Gasteiger partial charge is 0.324 e. The fraction of sp³-hybridized carbons (Fsp3) is 0.286. The zero-order valence-electron chi connectivity index (χ0n) is 17.6. The van der Waals surface area contributed by atoms with Crippen molar-refractivity contribution in [2.24, 2.45) is 0 Å². The number of aryl methyl sites for hydroxylation is 1. The average molecular weight is 417 g/mol. The first-order valence-electron chi connectivity index (χ1n) is 10.1. The second-order valence-electron chi connectivity index (χ2n) is 7.40. The maximum absolute atomic E-state index is 12.4. The molecule has 0 aliphatic carbocycles. The van der Waals surface area contributed by atoms with Crippen molar-refractivity contribution in [3.8, 4) is 17.1 Å². The van der Waals surface area contributed by atoms with E-state index in [0.717, 1.165) is 23.4 Å². The Balaban J connectivity index is 1.47. The van der Waals surface area contributed by atoms with Crippen LogP contribution in [0.25, 0.3) is 17.1 Å². The molecule has 1 atom stereocenters. The first-order chi connectivity index (χ1) is 15.0. The Kier molecular flexibility index (Phi) is 5.78. The molecule has 0 spiro atoms.